The average Bonchev–Trinajstić information content (AvgIpc) is 2.64. The summed E-state index contributed by atoms with van der Waals surface area (Å²) in [5.41, 5.74) is 2.17. The van der Waals surface area contributed by atoms with E-state index in [4.69, 9.17) is 9.47 Å². The third-order valence-corrected chi connectivity index (χ3v) is 5.78. The van der Waals surface area contributed by atoms with Crippen molar-refractivity contribution in [3.8, 4) is 11.5 Å². The zero-order valence-electron chi connectivity index (χ0n) is 16.7. The minimum atomic E-state index is -3.58. The highest BCUT2D eigenvalue weighted by Crippen LogP contribution is 2.24. The second kappa shape index (κ2) is 8.76. The van der Waals surface area contributed by atoms with E-state index in [1.807, 2.05) is 31.2 Å². The lowest BCUT2D eigenvalue weighted by atomic mass is 9.87. The van der Waals surface area contributed by atoms with Crippen LogP contribution >= 0.6 is 0 Å². The van der Waals surface area contributed by atoms with E-state index < -0.39 is 10.0 Å². The van der Waals surface area contributed by atoms with Crippen molar-refractivity contribution in [2.75, 3.05) is 20.3 Å². The third-order valence-electron chi connectivity index (χ3n) is 4.33. The molecule has 2 aromatic rings. The summed E-state index contributed by atoms with van der Waals surface area (Å²) in [7, 11) is -2.01. The Balaban J connectivity index is 1.92. The molecule has 0 saturated carbocycles. The van der Waals surface area contributed by atoms with Gasteiger partial charge in [-0.1, -0.05) is 39.8 Å². The Morgan fingerprint density at radius 3 is 2.26 bits per heavy atom. The van der Waals surface area contributed by atoms with Gasteiger partial charge in [0.2, 0.25) is 10.0 Å². The first kappa shape index (κ1) is 21.3. The number of aryl methyl sites for hydroxylation is 1. The molecule has 0 fully saturated rings. The molecule has 0 aromatic heterocycles. The maximum Gasteiger partial charge on any atom is 0.240 e. The molecule has 0 atom stereocenters. The number of hydrogen-bond acceptors (Lipinski definition) is 4. The SMILES string of the molecule is CCc1cc(S(=O)(=O)NCCOc2ccc(C(C)(C)C)cc2)ccc1OC. The first-order chi connectivity index (χ1) is 12.7. The van der Waals surface area contributed by atoms with E-state index in [1.165, 1.54) is 5.56 Å². The molecule has 0 unspecified atom stereocenters. The maximum absolute atomic E-state index is 12.5. The molecule has 148 valence electrons. The van der Waals surface area contributed by atoms with Crippen molar-refractivity contribution in [3.63, 3.8) is 0 Å². The maximum atomic E-state index is 12.5. The molecular weight excluding hydrogens is 362 g/mol. The first-order valence-electron chi connectivity index (χ1n) is 9.07. The number of ether oxygens (including phenoxy) is 2. The monoisotopic (exact) mass is 391 g/mol. The van der Waals surface area contributed by atoms with Crippen LogP contribution in [0.15, 0.2) is 47.4 Å². The van der Waals surface area contributed by atoms with Crippen molar-refractivity contribution in [2.24, 2.45) is 0 Å². The minimum absolute atomic E-state index is 0.0872. The Labute approximate surface area is 162 Å². The highest BCUT2D eigenvalue weighted by molar-refractivity contribution is 7.89. The van der Waals surface area contributed by atoms with Gasteiger partial charge >= 0.3 is 0 Å². The first-order valence-corrected chi connectivity index (χ1v) is 10.6. The van der Waals surface area contributed by atoms with Gasteiger partial charge in [0, 0.05) is 6.54 Å². The van der Waals surface area contributed by atoms with Gasteiger partial charge in [-0.05, 0) is 53.3 Å². The second-order valence-electron chi connectivity index (χ2n) is 7.35. The minimum Gasteiger partial charge on any atom is -0.496 e. The molecule has 0 bridgehead atoms. The van der Waals surface area contributed by atoms with Gasteiger partial charge in [0.15, 0.2) is 0 Å². The third kappa shape index (κ3) is 5.71. The number of sulfonamides is 1. The summed E-state index contributed by atoms with van der Waals surface area (Å²) >= 11 is 0. The number of nitrogens with one attached hydrogen (secondary N) is 1. The summed E-state index contributed by atoms with van der Waals surface area (Å²) in [6.07, 6.45) is 0.695. The van der Waals surface area contributed by atoms with Crippen molar-refractivity contribution >= 4 is 10.0 Å². The molecule has 27 heavy (non-hydrogen) atoms. The Kier molecular flexibility index (Phi) is 6.89. The number of hydrogen-bond donors (Lipinski definition) is 1. The zero-order valence-corrected chi connectivity index (χ0v) is 17.5. The largest absolute Gasteiger partial charge is 0.496 e. The summed E-state index contributed by atoms with van der Waals surface area (Å²) in [6.45, 7) is 8.87. The van der Waals surface area contributed by atoms with Gasteiger partial charge in [-0.25, -0.2) is 13.1 Å². The van der Waals surface area contributed by atoms with Crippen LogP contribution in [0.5, 0.6) is 11.5 Å². The van der Waals surface area contributed by atoms with Gasteiger partial charge in [0.05, 0.1) is 12.0 Å². The number of benzene rings is 2. The molecule has 2 aromatic carbocycles. The van der Waals surface area contributed by atoms with Gasteiger partial charge in [0.1, 0.15) is 18.1 Å². The summed E-state index contributed by atoms with van der Waals surface area (Å²) in [4.78, 5) is 0.231. The Hall–Kier alpha value is -2.05. The molecule has 0 aliphatic rings. The molecule has 0 heterocycles. The summed E-state index contributed by atoms with van der Waals surface area (Å²) in [5.74, 6) is 1.42. The van der Waals surface area contributed by atoms with Crippen LogP contribution in [-0.4, -0.2) is 28.7 Å². The quantitative estimate of drug-likeness (QED) is 0.693. The van der Waals surface area contributed by atoms with Crippen LogP contribution in [0.4, 0.5) is 0 Å². The standard InChI is InChI=1S/C21H29NO4S/c1-6-16-15-19(11-12-20(16)25-5)27(23,24)22-13-14-26-18-9-7-17(8-10-18)21(2,3)4/h7-12,15,22H,6,13-14H2,1-5H3. The van der Waals surface area contributed by atoms with Crippen molar-refractivity contribution in [1.29, 1.82) is 0 Å². The molecule has 0 saturated heterocycles. The number of rotatable bonds is 8. The van der Waals surface area contributed by atoms with E-state index in [9.17, 15) is 8.42 Å². The summed E-state index contributed by atoms with van der Waals surface area (Å²) in [5, 5.41) is 0. The molecule has 6 heteroatoms. The van der Waals surface area contributed by atoms with Crippen molar-refractivity contribution < 1.29 is 17.9 Å². The summed E-state index contributed by atoms with van der Waals surface area (Å²) in [6, 6.07) is 12.8. The van der Waals surface area contributed by atoms with Gasteiger partial charge in [-0.3, -0.25) is 0 Å². The van der Waals surface area contributed by atoms with Gasteiger partial charge in [0.25, 0.3) is 0 Å². The lowest BCUT2D eigenvalue weighted by Gasteiger charge is -2.19. The van der Waals surface area contributed by atoms with Crippen molar-refractivity contribution in [1.82, 2.24) is 4.72 Å². The Morgan fingerprint density at radius 1 is 1.04 bits per heavy atom. The van der Waals surface area contributed by atoms with E-state index in [0.717, 1.165) is 11.3 Å². The predicted molar refractivity (Wildman–Crippen MR) is 108 cm³/mol. The molecule has 5 nitrogen and oxygen atoms in total. The number of methoxy groups -OCH3 is 1. The van der Waals surface area contributed by atoms with Crippen LogP contribution in [0.2, 0.25) is 0 Å². The van der Waals surface area contributed by atoms with Crippen LogP contribution in [0.25, 0.3) is 0 Å². The molecule has 0 aliphatic carbocycles. The van der Waals surface area contributed by atoms with Crippen LogP contribution in [0, 0.1) is 0 Å². The lowest BCUT2D eigenvalue weighted by molar-refractivity contribution is 0.322. The van der Waals surface area contributed by atoms with Gasteiger partial charge < -0.3 is 9.47 Å². The van der Waals surface area contributed by atoms with E-state index >= 15 is 0 Å². The second-order valence-corrected chi connectivity index (χ2v) is 9.11. The average molecular weight is 392 g/mol. The van der Waals surface area contributed by atoms with Crippen molar-refractivity contribution in [2.45, 2.75) is 44.4 Å². The fourth-order valence-electron chi connectivity index (χ4n) is 2.68. The Bertz CT molecular complexity index is 853. The normalized spacial score (nSPS) is 12.0. The van der Waals surface area contributed by atoms with Crippen LogP contribution < -0.4 is 14.2 Å². The highest BCUT2D eigenvalue weighted by Gasteiger charge is 2.16. The molecular formula is C21H29NO4S. The predicted octanol–water partition coefficient (Wildman–Crippen LogP) is 3.91. The molecule has 0 aliphatic heterocycles. The summed E-state index contributed by atoms with van der Waals surface area (Å²) < 4.78 is 38.4. The smallest absolute Gasteiger partial charge is 0.240 e. The molecule has 1 N–H and O–H groups in total. The Morgan fingerprint density at radius 2 is 1.70 bits per heavy atom. The molecule has 2 rings (SSSR count). The van der Waals surface area contributed by atoms with Crippen LogP contribution in [0.1, 0.15) is 38.8 Å². The van der Waals surface area contributed by atoms with Crippen LogP contribution in [-0.2, 0) is 21.9 Å². The van der Waals surface area contributed by atoms with E-state index in [1.54, 1.807) is 25.3 Å². The lowest BCUT2D eigenvalue weighted by Crippen LogP contribution is -2.28. The van der Waals surface area contributed by atoms with Crippen molar-refractivity contribution in [3.05, 3.63) is 53.6 Å². The fraction of sp³-hybridized carbons (Fsp3) is 0.429. The van der Waals surface area contributed by atoms with E-state index in [2.05, 4.69) is 25.5 Å². The van der Waals surface area contributed by atoms with Gasteiger partial charge in [-0.2, -0.15) is 0 Å². The molecule has 0 spiro atoms. The van der Waals surface area contributed by atoms with E-state index in [0.29, 0.717) is 12.2 Å². The topological polar surface area (TPSA) is 64.6 Å². The van der Waals surface area contributed by atoms with Crippen LogP contribution in [0.3, 0.4) is 0 Å². The highest BCUT2D eigenvalue weighted by atomic mass is 32.2. The van der Waals surface area contributed by atoms with Gasteiger partial charge in [-0.15, -0.1) is 0 Å². The fourth-order valence-corrected chi connectivity index (χ4v) is 3.74. The molecule has 0 radical (unpaired) electrons. The van der Waals surface area contributed by atoms with E-state index in [-0.39, 0.29) is 23.5 Å². The molecule has 0 amide bonds. The zero-order chi connectivity index (χ0) is 20.1.